The summed E-state index contributed by atoms with van der Waals surface area (Å²) in [5, 5.41) is 10.1. The molecule has 0 radical (unpaired) electrons. The fraction of sp³-hybridized carbons (Fsp3) is 0.542. The third kappa shape index (κ3) is 5.46. The summed E-state index contributed by atoms with van der Waals surface area (Å²) >= 11 is 0. The number of rotatable bonds is 5. The van der Waals surface area contributed by atoms with Crippen LogP contribution in [0.3, 0.4) is 0 Å². The highest BCUT2D eigenvalue weighted by Crippen LogP contribution is 2.54. The number of piperidine rings is 1. The number of esters is 1. The Balaban J connectivity index is 0.00000149. The number of carbonyl (C=O) groups is 1. The minimum absolute atomic E-state index is 0.00588. The molecule has 2 aromatic rings. The molecular weight excluding hydrogens is 435 g/mol. The number of hydrogen-bond donors (Lipinski definition) is 1. The molecule has 1 atom stereocenters. The first-order chi connectivity index (χ1) is 15.6. The Morgan fingerprint density at radius 1 is 1.12 bits per heavy atom. The van der Waals surface area contributed by atoms with E-state index in [9.17, 15) is 23.1 Å². The molecule has 33 heavy (non-hydrogen) atoms. The van der Waals surface area contributed by atoms with E-state index < -0.39 is 23.4 Å². The second kappa shape index (κ2) is 9.67. The van der Waals surface area contributed by atoms with Crippen LogP contribution < -0.4 is 4.90 Å². The van der Waals surface area contributed by atoms with Crippen LogP contribution in [-0.4, -0.2) is 40.3 Å². The molecule has 1 saturated heterocycles. The minimum Gasteiger partial charge on any atom is -0.456 e. The van der Waals surface area contributed by atoms with E-state index in [0.717, 1.165) is 37.4 Å². The molecule has 2 heterocycles. The first-order valence-corrected chi connectivity index (χ1v) is 11.2. The fourth-order valence-electron chi connectivity index (χ4n) is 3.78. The van der Waals surface area contributed by atoms with Gasteiger partial charge in [0, 0.05) is 13.1 Å². The molecule has 0 amide bonds. The molecule has 1 aliphatic heterocycles. The lowest BCUT2D eigenvalue weighted by atomic mass is 9.93. The highest BCUT2D eigenvalue weighted by Gasteiger charge is 2.53. The molecule has 9 heteroatoms. The van der Waals surface area contributed by atoms with Crippen LogP contribution in [0.2, 0.25) is 0 Å². The van der Waals surface area contributed by atoms with Crippen molar-refractivity contribution in [1.29, 1.82) is 0 Å². The summed E-state index contributed by atoms with van der Waals surface area (Å²) in [6, 6.07) is 9.04. The van der Waals surface area contributed by atoms with Crippen molar-refractivity contribution in [2.24, 2.45) is 5.41 Å². The van der Waals surface area contributed by atoms with Gasteiger partial charge in [-0.15, -0.1) is 0 Å². The van der Waals surface area contributed by atoms with Gasteiger partial charge in [-0.25, -0.2) is 14.8 Å². The van der Waals surface area contributed by atoms with E-state index in [2.05, 4.69) is 9.97 Å². The van der Waals surface area contributed by atoms with E-state index in [-0.39, 0.29) is 18.1 Å². The van der Waals surface area contributed by atoms with Crippen molar-refractivity contribution in [3.63, 3.8) is 0 Å². The maximum absolute atomic E-state index is 13.3. The second-order valence-electron chi connectivity index (χ2n) is 8.55. The zero-order chi connectivity index (χ0) is 24.3. The van der Waals surface area contributed by atoms with Gasteiger partial charge in [0.05, 0.1) is 6.20 Å². The van der Waals surface area contributed by atoms with Gasteiger partial charge in [0.2, 0.25) is 5.60 Å². The van der Waals surface area contributed by atoms with Crippen LogP contribution in [-0.2, 0) is 16.9 Å². The number of benzene rings is 1. The molecule has 1 saturated carbocycles. The van der Waals surface area contributed by atoms with E-state index in [1.165, 1.54) is 0 Å². The van der Waals surface area contributed by atoms with Crippen LogP contribution >= 0.6 is 0 Å². The second-order valence-corrected chi connectivity index (χ2v) is 8.55. The first-order valence-electron chi connectivity index (χ1n) is 11.2. The normalized spacial score (nSPS) is 18.7. The number of nitrogens with zero attached hydrogens (tertiary/aromatic N) is 3. The van der Waals surface area contributed by atoms with Gasteiger partial charge in [0.25, 0.3) is 0 Å². The Hall–Kier alpha value is -2.68. The maximum atomic E-state index is 13.3. The smallest absolute Gasteiger partial charge is 0.422 e. The van der Waals surface area contributed by atoms with Gasteiger partial charge < -0.3 is 14.7 Å². The van der Waals surface area contributed by atoms with Crippen molar-refractivity contribution in [3.05, 3.63) is 53.5 Å². The monoisotopic (exact) mass is 465 g/mol. The van der Waals surface area contributed by atoms with Crippen LogP contribution in [0.25, 0.3) is 0 Å². The molecule has 1 aromatic carbocycles. The van der Waals surface area contributed by atoms with Crippen molar-refractivity contribution < 1.29 is 27.8 Å². The average Bonchev–Trinajstić information content (AvgIpc) is 3.57. The molecule has 1 aliphatic carbocycles. The number of ether oxygens (including phenoxy) is 1. The zero-order valence-corrected chi connectivity index (χ0v) is 19.2. The summed E-state index contributed by atoms with van der Waals surface area (Å²) in [6.07, 6.45) is -0.0700. The van der Waals surface area contributed by atoms with E-state index in [1.54, 1.807) is 17.0 Å². The van der Waals surface area contributed by atoms with Gasteiger partial charge in [-0.2, -0.15) is 13.2 Å². The molecule has 1 unspecified atom stereocenters. The Labute approximate surface area is 191 Å². The number of aromatic nitrogens is 2. The SMILES string of the molecule is CC.CC(O)(c1cnc(C(=O)OCc2ccccc2)c(N2CCC3(CC2)CC3)n1)C(F)(F)F. The largest absolute Gasteiger partial charge is 0.456 e. The lowest BCUT2D eigenvalue weighted by Gasteiger charge is -2.34. The third-order valence-corrected chi connectivity index (χ3v) is 6.29. The summed E-state index contributed by atoms with van der Waals surface area (Å²) in [5.74, 6) is -0.744. The van der Waals surface area contributed by atoms with Gasteiger partial charge in [-0.05, 0) is 43.6 Å². The molecule has 4 rings (SSSR count). The van der Waals surface area contributed by atoms with Crippen molar-refractivity contribution in [3.8, 4) is 0 Å². The molecule has 1 spiro atoms. The van der Waals surface area contributed by atoms with Crippen LogP contribution in [0.4, 0.5) is 19.0 Å². The van der Waals surface area contributed by atoms with Crippen LogP contribution in [0.1, 0.15) is 68.2 Å². The maximum Gasteiger partial charge on any atom is 0.422 e. The highest BCUT2D eigenvalue weighted by molar-refractivity contribution is 5.92. The highest BCUT2D eigenvalue weighted by atomic mass is 19.4. The number of anilines is 1. The number of aliphatic hydroxyl groups is 1. The Bertz CT molecular complexity index is 950. The lowest BCUT2D eigenvalue weighted by Crippen LogP contribution is -2.41. The van der Waals surface area contributed by atoms with Gasteiger partial charge in [-0.1, -0.05) is 44.2 Å². The summed E-state index contributed by atoms with van der Waals surface area (Å²) in [4.78, 5) is 22.5. The summed E-state index contributed by atoms with van der Waals surface area (Å²) in [6.45, 7) is 5.76. The number of hydrogen-bond acceptors (Lipinski definition) is 6. The molecule has 6 nitrogen and oxygen atoms in total. The van der Waals surface area contributed by atoms with Crippen LogP contribution in [0.5, 0.6) is 0 Å². The molecule has 2 aliphatic rings. The van der Waals surface area contributed by atoms with Crippen molar-refractivity contribution >= 4 is 11.8 Å². The van der Waals surface area contributed by atoms with E-state index >= 15 is 0 Å². The van der Waals surface area contributed by atoms with Gasteiger partial charge in [0.1, 0.15) is 12.3 Å². The Morgan fingerprint density at radius 3 is 2.27 bits per heavy atom. The van der Waals surface area contributed by atoms with E-state index in [0.29, 0.717) is 25.4 Å². The van der Waals surface area contributed by atoms with Crippen molar-refractivity contribution in [2.45, 2.75) is 64.8 Å². The standard InChI is InChI=1S/C22H24F3N3O3.C2H6/c1-20(30,22(23,24)25)16-13-26-17(19(29)31-14-15-5-3-2-4-6-15)18(27-16)28-11-9-21(7-8-21)10-12-28;1-2/h2-6,13,30H,7-12,14H2,1H3;1-2H3. The predicted molar refractivity (Wildman–Crippen MR) is 118 cm³/mol. The number of carbonyl (C=O) groups excluding carboxylic acids is 1. The topological polar surface area (TPSA) is 75.6 Å². The third-order valence-electron chi connectivity index (χ3n) is 6.29. The van der Waals surface area contributed by atoms with Gasteiger partial charge in [-0.3, -0.25) is 0 Å². The van der Waals surface area contributed by atoms with Crippen LogP contribution in [0, 0.1) is 5.41 Å². The predicted octanol–water partition coefficient (Wildman–Crippen LogP) is 5.01. The van der Waals surface area contributed by atoms with E-state index in [4.69, 9.17) is 4.74 Å². The Kier molecular flexibility index (Phi) is 7.31. The van der Waals surface area contributed by atoms with Crippen molar-refractivity contribution in [2.75, 3.05) is 18.0 Å². The summed E-state index contributed by atoms with van der Waals surface area (Å²) < 4.78 is 45.4. The molecule has 0 bridgehead atoms. The van der Waals surface area contributed by atoms with Crippen molar-refractivity contribution in [1.82, 2.24) is 9.97 Å². The van der Waals surface area contributed by atoms with E-state index in [1.807, 2.05) is 32.0 Å². The fourth-order valence-corrected chi connectivity index (χ4v) is 3.78. The zero-order valence-electron chi connectivity index (χ0n) is 19.2. The summed E-state index contributed by atoms with van der Waals surface area (Å²) in [5.41, 5.74) is -2.89. The van der Waals surface area contributed by atoms with Gasteiger partial charge in [0.15, 0.2) is 11.5 Å². The molecule has 1 N–H and O–H groups in total. The van der Waals surface area contributed by atoms with Crippen LogP contribution in [0.15, 0.2) is 36.5 Å². The first kappa shape index (κ1) is 25.0. The number of alkyl halides is 3. The number of halogens is 3. The summed E-state index contributed by atoms with van der Waals surface area (Å²) in [7, 11) is 0. The Morgan fingerprint density at radius 2 is 1.73 bits per heavy atom. The average molecular weight is 466 g/mol. The van der Waals surface area contributed by atoms with Gasteiger partial charge >= 0.3 is 12.1 Å². The lowest BCUT2D eigenvalue weighted by molar-refractivity contribution is -0.260. The molecule has 1 aromatic heterocycles. The quantitative estimate of drug-likeness (QED) is 0.626. The molecule has 180 valence electrons. The minimum atomic E-state index is -4.94. The molecular formula is C24H30F3N3O3. The molecule has 2 fully saturated rings.